The van der Waals surface area contributed by atoms with Crippen LogP contribution in [0.15, 0.2) is 12.1 Å². The monoisotopic (exact) mass is 544 g/mol. The van der Waals surface area contributed by atoms with E-state index in [0.29, 0.717) is 42.6 Å². The molecule has 3 aliphatic carbocycles. The van der Waals surface area contributed by atoms with Gasteiger partial charge in [0.05, 0.1) is 5.41 Å². The van der Waals surface area contributed by atoms with Crippen molar-refractivity contribution in [2.45, 2.75) is 148 Å². The Kier molecular flexibility index (Phi) is 11.3. The summed E-state index contributed by atoms with van der Waals surface area (Å²) in [4.78, 5) is 12.6. The number of carboxylic acid groups (broad SMARTS) is 1. The molecule has 4 heteroatoms. The molecule has 0 atom stereocenters. The summed E-state index contributed by atoms with van der Waals surface area (Å²) in [6.45, 7) is 4.50. The first-order valence-corrected chi connectivity index (χ1v) is 16.6. The number of hydrogen-bond acceptors (Lipinski definition) is 1. The number of unbranched alkanes of at least 4 members (excludes halogenated alkanes) is 2. The van der Waals surface area contributed by atoms with E-state index in [-0.39, 0.29) is 5.56 Å². The molecule has 0 unspecified atom stereocenters. The van der Waals surface area contributed by atoms with Crippen LogP contribution in [0.25, 0.3) is 0 Å². The zero-order valence-electron chi connectivity index (χ0n) is 24.8. The average molecular weight is 545 g/mol. The lowest BCUT2D eigenvalue weighted by Crippen LogP contribution is -2.42. The topological polar surface area (TPSA) is 37.3 Å². The molecule has 0 bridgehead atoms. The molecule has 0 saturated heterocycles. The average Bonchev–Trinajstić information content (AvgIpc) is 2.95. The Bertz CT molecular complexity index is 903. The number of benzene rings is 1. The molecule has 4 rings (SSSR count). The number of rotatable bonds is 12. The summed E-state index contributed by atoms with van der Waals surface area (Å²) in [6.07, 6.45) is 21.7. The Balaban J connectivity index is 1.33. The molecule has 3 aliphatic rings. The third-order valence-electron chi connectivity index (χ3n) is 11.2. The van der Waals surface area contributed by atoms with Gasteiger partial charge < -0.3 is 5.11 Å². The van der Waals surface area contributed by atoms with Crippen molar-refractivity contribution in [3.63, 3.8) is 0 Å². The fourth-order valence-corrected chi connectivity index (χ4v) is 8.56. The van der Waals surface area contributed by atoms with Gasteiger partial charge in [0.25, 0.3) is 0 Å². The lowest BCUT2D eigenvalue weighted by atomic mass is 9.62. The van der Waals surface area contributed by atoms with Crippen LogP contribution in [0.3, 0.4) is 0 Å². The molecule has 1 aromatic carbocycles. The maximum atomic E-state index is 15.5. The van der Waals surface area contributed by atoms with Gasteiger partial charge in [-0.15, -0.1) is 0 Å². The summed E-state index contributed by atoms with van der Waals surface area (Å²) in [5, 5.41) is 10.3. The number of halogens is 2. The minimum absolute atomic E-state index is 0.0782. The molecule has 0 amide bonds. The van der Waals surface area contributed by atoms with E-state index in [9.17, 15) is 9.90 Å². The van der Waals surface area contributed by atoms with Crippen molar-refractivity contribution in [2.24, 2.45) is 29.6 Å². The Labute approximate surface area is 236 Å². The van der Waals surface area contributed by atoms with Gasteiger partial charge in [0.15, 0.2) is 11.6 Å². The molecular weight excluding hydrogens is 490 g/mol. The van der Waals surface area contributed by atoms with E-state index in [0.717, 1.165) is 31.1 Å². The predicted octanol–water partition coefficient (Wildman–Crippen LogP) is 10.4. The number of carbonyl (C=O) groups is 1. The van der Waals surface area contributed by atoms with Crippen LogP contribution < -0.4 is 0 Å². The normalized spacial score (nSPS) is 31.7. The van der Waals surface area contributed by atoms with Crippen LogP contribution in [-0.4, -0.2) is 11.1 Å². The zero-order chi connectivity index (χ0) is 27.8. The largest absolute Gasteiger partial charge is 0.481 e. The van der Waals surface area contributed by atoms with Gasteiger partial charge in [-0.1, -0.05) is 103 Å². The minimum Gasteiger partial charge on any atom is -0.481 e. The fraction of sp³-hybridized carbons (Fsp3) is 0.800. The van der Waals surface area contributed by atoms with E-state index in [1.165, 1.54) is 89.9 Å². The summed E-state index contributed by atoms with van der Waals surface area (Å²) >= 11 is 0. The highest BCUT2D eigenvalue weighted by molar-refractivity contribution is 5.81. The van der Waals surface area contributed by atoms with Crippen LogP contribution in [0.5, 0.6) is 0 Å². The van der Waals surface area contributed by atoms with Gasteiger partial charge in [-0.3, -0.25) is 4.79 Å². The van der Waals surface area contributed by atoms with E-state index in [1.54, 1.807) is 12.1 Å². The highest BCUT2D eigenvalue weighted by Gasteiger charge is 2.47. The van der Waals surface area contributed by atoms with Crippen molar-refractivity contribution in [3.8, 4) is 0 Å². The van der Waals surface area contributed by atoms with E-state index in [2.05, 4.69) is 13.8 Å². The molecular formula is C35H54F2O2. The Morgan fingerprint density at radius 3 is 1.90 bits per heavy atom. The first-order chi connectivity index (χ1) is 18.9. The Morgan fingerprint density at radius 2 is 1.31 bits per heavy atom. The molecule has 1 N–H and O–H groups in total. The van der Waals surface area contributed by atoms with Gasteiger partial charge in [0, 0.05) is 5.56 Å². The molecule has 0 radical (unpaired) electrons. The summed E-state index contributed by atoms with van der Waals surface area (Å²) in [5.74, 6) is 0.773. The van der Waals surface area contributed by atoms with Crippen molar-refractivity contribution in [3.05, 3.63) is 34.9 Å². The smallest absolute Gasteiger partial charge is 0.314 e. The second kappa shape index (κ2) is 14.4. The molecule has 0 aromatic heterocycles. The number of carboxylic acids is 1. The molecule has 1 aromatic rings. The molecule has 0 spiro atoms. The van der Waals surface area contributed by atoms with Gasteiger partial charge in [-0.25, -0.2) is 8.78 Å². The molecule has 0 aliphatic heterocycles. The second-order valence-electron chi connectivity index (χ2n) is 13.6. The maximum absolute atomic E-state index is 15.5. The van der Waals surface area contributed by atoms with Crippen LogP contribution in [-0.2, 0) is 16.6 Å². The predicted molar refractivity (Wildman–Crippen MR) is 156 cm³/mol. The van der Waals surface area contributed by atoms with Crippen LogP contribution in [0.4, 0.5) is 8.78 Å². The van der Waals surface area contributed by atoms with E-state index >= 15 is 8.78 Å². The van der Waals surface area contributed by atoms with Crippen molar-refractivity contribution in [2.75, 3.05) is 0 Å². The first kappa shape index (κ1) is 30.5. The second-order valence-corrected chi connectivity index (χ2v) is 13.6. The van der Waals surface area contributed by atoms with Gasteiger partial charge in [0.2, 0.25) is 0 Å². The third kappa shape index (κ3) is 7.45. The van der Waals surface area contributed by atoms with Crippen LogP contribution in [0.1, 0.15) is 147 Å². The van der Waals surface area contributed by atoms with Crippen LogP contribution >= 0.6 is 0 Å². The third-order valence-corrected chi connectivity index (χ3v) is 11.2. The maximum Gasteiger partial charge on any atom is 0.314 e. The number of aryl methyl sites for hydroxylation is 1. The van der Waals surface area contributed by atoms with E-state index in [1.807, 2.05) is 0 Å². The molecule has 39 heavy (non-hydrogen) atoms. The van der Waals surface area contributed by atoms with E-state index < -0.39 is 23.0 Å². The summed E-state index contributed by atoms with van der Waals surface area (Å²) < 4.78 is 30.9. The lowest BCUT2D eigenvalue weighted by molar-refractivity contribution is -0.146. The summed E-state index contributed by atoms with van der Waals surface area (Å²) in [5.41, 5.74) is -0.805. The lowest BCUT2D eigenvalue weighted by Gasteiger charge is -2.42. The van der Waals surface area contributed by atoms with Crippen molar-refractivity contribution in [1.82, 2.24) is 0 Å². The minimum atomic E-state index is -1.30. The summed E-state index contributed by atoms with van der Waals surface area (Å²) in [7, 11) is 0. The first-order valence-electron chi connectivity index (χ1n) is 16.6. The Hall–Kier alpha value is -1.45. The van der Waals surface area contributed by atoms with Gasteiger partial charge in [0.1, 0.15) is 0 Å². The quantitative estimate of drug-likeness (QED) is 0.266. The zero-order valence-corrected chi connectivity index (χ0v) is 24.8. The van der Waals surface area contributed by atoms with Crippen LogP contribution in [0, 0.1) is 41.2 Å². The molecule has 3 saturated carbocycles. The number of aliphatic carboxylic acids is 1. The molecule has 3 fully saturated rings. The van der Waals surface area contributed by atoms with Crippen molar-refractivity contribution in [1.29, 1.82) is 0 Å². The Morgan fingerprint density at radius 1 is 0.744 bits per heavy atom. The van der Waals surface area contributed by atoms with E-state index in [4.69, 9.17) is 0 Å². The van der Waals surface area contributed by atoms with Gasteiger partial charge in [-0.05, 0) is 86.5 Å². The number of hydrogen-bond donors (Lipinski definition) is 1. The SMILES string of the molecule is CCCCCC1CCC(C2CCC(C(=O)O)(c3ccc(CCC4CCC(CCC)CC4)c(F)c3F)CC2)CC1. The fourth-order valence-electron chi connectivity index (χ4n) is 8.56. The van der Waals surface area contributed by atoms with Crippen LogP contribution in [0.2, 0.25) is 0 Å². The van der Waals surface area contributed by atoms with Crippen molar-refractivity contribution >= 4 is 5.97 Å². The van der Waals surface area contributed by atoms with Gasteiger partial charge in [-0.2, -0.15) is 0 Å². The standard InChI is InChI=1S/C35H54F2O2/c1-3-5-6-8-26-13-16-28(17-14-26)29-21-23-35(24-22-29,34(38)39)31-20-19-30(32(36)33(31)37)18-15-27-11-9-25(7-4-2)10-12-27/h19-20,25-29H,3-18,21-24H2,1-2H3,(H,38,39). The molecule has 2 nitrogen and oxygen atoms in total. The summed E-state index contributed by atoms with van der Waals surface area (Å²) in [6, 6.07) is 3.30. The highest BCUT2D eigenvalue weighted by Crippen LogP contribution is 2.48. The molecule has 220 valence electrons. The van der Waals surface area contributed by atoms with Gasteiger partial charge >= 0.3 is 5.97 Å². The van der Waals surface area contributed by atoms with Crippen molar-refractivity contribution < 1.29 is 18.7 Å². The highest BCUT2D eigenvalue weighted by atomic mass is 19.2. The molecule has 0 heterocycles.